The molecule has 0 saturated heterocycles. The Balaban J connectivity index is 2.31. The Kier molecular flexibility index (Phi) is 5.06. The Labute approximate surface area is 125 Å². The Morgan fingerprint density at radius 3 is 2.48 bits per heavy atom. The summed E-state index contributed by atoms with van der Waals surface area (Å²) in [4.78, 5) is 0. The van der Waals surface area contributed by atoms with Crippen LogP contribution in [0.1, 0.15) is 17.2 Å². The summed E-state index contributed by atoms with van der Waals surface area (Å²) in [6.07, 6.45) is 0. The van der Waals surface area contributed by atoms with Crippen LogP contribution in [0.25, 0.3) is 0 Å². The fourth-order valence-electron chi connectivity index (χ4n) is 2.25. The zero-order valence-electron chi connectivity index (χ0n) is 12.6. The molecule has 0 bridgehead atoms. The number of hydrogen-bond acceptors (Lipinski definition) is 4. The molecular formula is C17H21NO3. The molecule has 2 aromatic rings. The Bertz CT molecular complexity index is 598. The molecule has 2 N–H and O–H groups in total. The van der Waals surface area contributed by atoms with Crippen molar-refractivity contribution in [1.29, 1.82) is 0 Å². The van der Waals surface area contributed by atoms with E-state index in [-0.39, 0.29) is 12.6 Å². The van der Waals surface area contributed by atoms with E-state index in [0.29, 0.717) is 5.75 Å². The quantitative estimate of drug-likeness (QED) is 0.857. The summed E-state index contributed by atoms with van der Waals surface area (Å²) in [6.45, 7) is 2.00. The van der Waals surface area contributed by atoms with Gasteiger partial charge in [-0.25, -0.2) is 0 Å². The maximum absolute atomic E-state index is 9.73. The maximum atomic E-state index is 9.73. The molecule has 0 radical (unpaired) electrons. The molecule has 0 saturated carbocycles. The van der Waals surface area contributed by atoms with Crippen LogP contribution in [0.5, 0.6) is 11.5 Å². The molecule has 4 nitrogen and oxygen atoms in total. The molecule has 0 amide bonds. The van der Waals surface area contributed by atoms with Crippen LogP contribution in [0.4, 0.5) is 5.69 Å². The molecule has 0 spiro atoms. The Hall–Kier alpha value is -2.20. The monoisotopic (exact) mass is 287 g/mol. The van der Waals surface area contributed by atoms with E-state index in [1.165, 1.54) is 0 Å². The number of aliphatic hydroxyl groups excluding tert-OH is 1. The van der Waals surface area contributed by atoms with E-state index in [1.807, 2.05) is 49.4 Å². The summed E-state index contributed by atoms with van der Waals surface area (Å²) in [6, 6.07) is 13.3. The second kappa shape index (κ2) is 6.99. The Morgan fingerprint density at radius 1 is 1.10 bits per heavy atom. The number of ether oxygens (including phenoxy) is 2. The number of rotatable bonds is 6. The van der Waals surface area contributed by atoms with Gasteiger partial charge in [0.2, 0.25) is 0 Å². The average molecular weight is 287 g/mol. The van der Waals surface area contributed by atoms with Crippen molar-refractivity contribution < 1.29 is 14.6 Å². The van der Waals surface area contributed by atoms with Crippen molar-refractivity contribution in [2.45, 2.75) is 13.0 Å². The average Bonchev–Trinajstić information content (AvgIpc) is 2.53. The van der Waals surface area contributed by atoms with Crippen LogP contribution in [0, 0.1) is 6.92 Å². The number of benzene rings is 2. The minimum absolute atomic E-state index is 0.0307. The van der Waals surface area contributed by atoms with Gasteiger partial charge < -0.3 is 19.9 Å². The SMILES string of the molecule is COc1ccc(C(CO)Nc2ccccc2C)c(OC)c1. The van der Waals surface area contributed by atoms with Gasteiger partial charge in [0, 0.05) is 17.3 Å². The minimum Gasteiger partial charge on any atom is -0.497 e. The van der Waals surface area contributed by atoms with E-state index in [4.69, 9.17) is 9.47 Å². The van der Waals surface area contributed by atoms with Gasteiger partial charge in [0.05, 0.1) is 26.9 Å². The van der Waals surface area contributed by atoms with Crippen LogP contribution in [0.2, 0.25) is 0 Å². The predicted octanol–water partition coefficient (Wildman–Crippen LogP) is 3.16. The molecule has 4 heteroatoms. The van der Waals surface area contributed by atoms with Crippen molar-refractivity contribution in [3.05, 3.63) is 53.6 Å². The molecule has 1 unspecified atom stereocenters. The van der Waals surface area contributed by atoms with Gasteiger partial charge in [0.25, 0.3) is 0 Å². The second-order valence-corrected chi connectivity index (χ2v) is 4.80. The van der Waals surface area contributed by atoms with Crippen molar-refractivity contribution in [2.24, 2.45) is 0 Å². The molecule has 0 aliphatic rings. The second-order valence-electron chi connectivity index (χ2n) is 4.80. The van der Waals surface area contributed by atoms with E-state index in [2.05, 4.69) is 5.32 Å². The summed E-state index contributed by atoms with van der Waals surface area (Å²) in [5, 5.41) is 13.1. The van der Waals surface area contributed by atoms with Gasteiger partial charge in [-0.15, -0.1) is 0 Å². The molecule has 0 aromatic heterocycles. The van der Waals surface area contributed by atoms with Gasteiger partial charge >= 0.3 is 0 Å². The standard InChI is InChI=1S/C17H21NO3/c1-12-6-4-5-7-15(12)18-16(11-19)14-9-8-13(20-2)10-17(14)21-3/h4-10,16,18-19H,11H2,1-3H3. The highest BCUT2D eigenvalue weighted by Crippen LogP contribution is 2.31. The number of nitrogens with one attached hydrogen (secondary N) is 1. The van der Waals surface area contributed by atoms with Crippen LogP contribution >= 0.6 is 0 Å². The lowest BCUT2D eigenvalue weighted by atomic mass is 10.0. The number of hydrogen-bond donors (Lipinski definition) is 2. The number of anilines is 1. The van der Waals surface area contributed by atoms with E-state index >= 15 is 0 Å². The zero-order chi connectivity index (χ0) is 15.2. The third kappa shape index (κ3) is 3.47. The lowest BCUT2D eigenvalue weighted by molar-refractivity contribution is 0.272. The number of para-hydroxylation sites is 1. The van der Waals surface area contributed by atoms with Crippen molar-refractivity contribution in [1.82, 2.24) is 0 Å². The van der Waals surface area contributed by atoms with E-state index in [0.717, 1.165) is 22.6 Å². The molecule has 1 atom stereocenters. The lowest BCUT2D eigenvalue weighted by Gasteiger charge is -2.22. The number of aliphatic hydroxyl groups is 1. The van der Waals surface area contributed by atoms with Crippen LogP contribution in [-0.4, -0.2) is 25.9 Å². The summed E-state index contributed by atoms with van der Waals surface area (Å²) in [5.74, 6) is 1.41. The third-order valence-electron chi connectivity index (χ3n) is 3.47. The molecule has 0 aliphatic heterocycles. The molecule has 2 rings (SSSR count). The first-order chi connectivity index (χ1) is 10.2. The predicted molar refractivity (Wildman–Crippen MR) is 84.2 cm³/mol. The van der Waals surface area contributed by atoms with E-state index in [9.17, 15) is 5.11 Å². The maximum Gasteiger partial charge on any atom is 0.127 e. The highest BCUT2D eigenvalue weighted by atomic mass is 16.5. The van der Waals surface area contributed by atoms with Gasteiger partial charge in [-0.1, -0.05) is 18.2 Å². The van der Waals surface area contributed by atoms with Crippen molar-refractivity contribution in [3.8, 4) is 11.5 Å². The molecular weight excluding hydrogens is 266 g/mol. The summed E-state index contributed by atoms with van der Waals surface area (Å²) >= 11 is 0. The van der Waals surface area contributed by atoms with Gasteiger partial charge in [-0.3, -0.25) is 0 Å². The van der Waals surface area contributed by atoms with Crippen LogP contribution in [0.3, 0.4) is 0 Å². The first-order valence-electron chi connectivity index (χ1n) is 6.84. The first-order valence-corrected chi connectivity index (χ1v) is 6.84. The number of methoxy groups -OCH3 is 2. The topological polar surface area (TPSA) is 50.7 Å². The largest absolute Gasteiger partial charge is 0.497 e. The van der Waals surface area contributed by atoms with Crippen LogP contribution in [-0.2, 0) is 0 Å². The van der Waals surface area contributed by atoms with Gasteiger partial charge in [-0.05, 0) is 30.7 Å². The molecule has 0 aliphatic carbocycles. The van der Waals surface area contributed by atoms with Crippen LogP contribution in [0.15, 0.2) is 42.5 Å². The lowest BCUT2D eigenvalue weighted by Crippen LogP contribution is -2.16. The van der Waals surface area contributed by atoms with Crippen LogP contribution < -0.4 is 14.8 Å². The Morgan fingerprint density at radius 2 is 1.86 bits per heavy atom. The highest BCUT2D eigenvalue weighted by Gasteiger charge is 2.16. The minimum atomic E-state index is -0.244. The molecule has 0 heterocycles. The normalized spacial score (nSPS) is 11.8. The van der Waals surface area contributed by atoms with E-state index < -0.39 is 0 Å². The molecule has 2 aromatic carbocycles. The third-order valence-corrected chi connectivity index (χ3v) is 3.47. The summed E-state index contributed by atoms with van der Waals surface area (Å²) in [7, 11) is 3.23. The molecule has 112 valence electrons. The first kappa shape index (κ1) is 15.2. The number of aryl methyl sites for hydroxylation is 1. The molecule has 21 heavy (non-hydrogen) atoms. The fourth-order valence-corrected chi connectivity index (χ4v) is 2.25. The van der Waals surface area contributed by atoms with Crippen molar-refractivity contribution >= 4 is 5.69 Å². The smallest absolute Gasteiger partial charge is 0.127 e. The van der Waals surface area contributed by atoms with Gasteiger partial charge in [0.15, 0.2) is 0 Å². The van der Waals surface area contributed by atoms with Crippen molar-refractivity contribution in [2.75, 3.05) is 26.1 Å². The molecule has 0 fully saturated rings. The summed E-state index contributed by atoms with van der Waals surface area (Å²) < 4.78 is 10.6. The van der Waals surface area contributed by atoms with Gasteiger partial charge in [0.1, 0.15) is 11.5 Å². The van der Waals surface area contributed by atoms with E-state index in [1.54, 1.807) is 14.2 Å². The summed E-state index contributed by atoms with van der Waals surface area (Å²) in [5.41, 5.74) is 3.02. The van der Waals surface area contributed by atoms with Gasteiger partial charge in [-0.2, -0.15) is 0 Å². The highest BCUT2D eigenvalue weighted by molar-refractivity contribution is 5.54. The van der Waals surface area contributed by atoms with Crippen molar-refractivity contribution in [3.63, 3.8) is 0 Å². The fraction of sp³-hybridized carbons (Fsp3) is 0.294. The zero-order valence-corrected chi connectivity index (χ0v) is 12.6.